The summed E-state index contributed by atoms with van der Waals surface area (Å²) in [7, 11) is 0. The highest BCUT2D eigenvalue weighted by atomic mass is 14.9. The van der Waals surface area contributed by atoms with Gasteiger partial charge >= 0.3 is 0 Å². The van der Waals surface area contributed by atoms with Gasteiger partial charge in [-0.15, -0.1) is 0 Å². The summed E-state index contributed by atoms with van der Waals surface area (Å²) in [5.41, 5.74) is 3.51. The van der Waals surface area contributed by atoms with Crippen molar-refractivity contribution in [3.05, 3.63) is 23.4 Å². The van der Waals surface area contributed by atoms with Gasteiger partial charge in [0.25, 0.3) is 0 Å². The summed E-state index contributed by atoms with van der Waals surface area (Å²) >= 11 is 0. The second kappa shape index (κ2) is 4.08. The van der Waals surface area contributed by atoms with E-state index in [0.717, 1.165) is 23.5 Å². The van der Waals surface area contributed by atoms with E-state index in [9.17, 15) is 0 Å². The van der Waals surface area contributed by atoms with Crippen LogP contribution in [-0.4, -0.2) is 11.2 Å². The fraction of sp³-hybridized carbons (Fsp3) is 0.364. The molecule has 2 nitrogen and oxygen atoms in total. The summed E-state index contributed by atoms with van der Waals surface area (Å²) in [6.45, 7) is 9.98. The Balaban J connectivity index is 3.13. The second-order valence-electron chi connectivity index (χ2n) is 3.06. The molecule has 0 saturated heterocycles. The van der Waals surface area contributed by atoms with Crippen LogP contribution in [0.1, 0.15) is 30.2 Å². The summed E-state index contributed by atoms with van der Waals surface area (Å²) in [5.74, 6) is 0.923. The van der Waals surface area contributed by atoms with Crippen molar-refractivity contribution in [3.63, 3.8) is 0 Å². The average Bonchev–Trinajstić information content (AvgIpc) is 2.39. The fourth-order valence-electron chi connectivity index (χ4n) is 1.25. The number of aromatic amines is 1. The molecular formula is C11H16N2. The predicted molar refractivity (Wildman–Crippen MR) is 58.8 cm³/mol. The van der Waals surface area contributed by atoms with Crippen molar-refractivity contribution in [1.82, 2.24) is 4.98 Å². The van der Waals surface area contributed by atoms with Crippen LogP contribution in [0, 0.1) is 13.8 Å². The number of aryl methyl sites for hydroxylation is 1. The van der Waals surface area contributed by atoms with Crippen LogP contribution >= 0.6 is 0 Å². The highest BCUT2D eigenvalue weighted by Gasteiger charge is 2.06. The highest BCUT2D eigenvalue weighted by Crippen LogP contribution is 2.25. The number of rotatable bonds is 3. The maximum atomic E-state index is 4.33. The zero-order chi connectivity index (χ0) is 9.84. The SMILES string of the molecule is C=Cc1c(/N=C\CC)[nH]c(C)c1C. The molecule has 1 aromatic rings. The average molecular weight is 176 g/mol. The van der Waals surface area contributed by atoms with Gasteiger partial charge in [-0.25, -0.2) is 4.99 Å². The highest BCUT2D eigenvalue weighted by molar-refractivity contribution is 5.70. The molecule has 0 fully saturated rings. The van der Waals surface area contributed by atoms with Crippen LogP contribution in [0.15, 0.2) is 11.6 Å². The van der Waals surface area contributed by atoms with Crippen LogP contribution in [0.25, 0.3) is 6.08 Å². The fourth-order valence-corrected chi connectivity index (χ4v) is 1.25. The summed E-state index contributed by atoms with van der Waals surface area (Å²) in [5, 5.41) is 0. The van der Waals surface area contributed by atoms with Gasteiger partial charge in [0.15, 0.2) is 0 Å². The molecule has 2 heteroatoms. The van der Waals surface area contributed by atoms with Crippen LogP contribution in [0.3, 0.4) is 0 Å². The van der Waals surface area contributed by atoms with Gasteiger partial charge in [-0.05, 0) is 25.8 Å². The first-order valence-corrected chi connectivity index (χ1v) is 4.54. The van der Waals surface area contributed by atoms with E-state index < -0.39 is 0 Å². The molecule has 0 unspecified atom stereocenters. The molecule has 1 aromatic heterocycles. The Kier molecular flexibility index (Phi) is 3.07. The monoisotopic (exact) mass is 176 g/mol. The minimum absolute atomic E-state index is 0.923. The van der Waals surface area contributed by atoms with Crippen molar-refractivity contribution in [2.24, 2.45) is 4.99 Å². The Morgan fingerprint density at radius 2 is 2.15 bits per heavy atom. The van der Waals surface area contributed by atoms with Crippen molar-refractivity contribution >= 4 is 18.1 Å². The van der Waals surface area contributed by atoms with Crippen LogP contribution < -0.4 is 0 Å². The summed E-state index contributed by atoms with van der Waals surface area (Å²) in [4.78, 5) is 7.55. The van der Waals surface area contributed by atoms with Crippen LogP contribution in [0.2, 0.25) is 0 Å². The number of aliphatic imine (C=N–C) groups is 1. The van der Waals surface area contributed by atoms with Gasteiger partial charge in [0, 0.05) is 17.5 Å². The van der Waals surface area contributed by atoms with E-state index in [1.807, 2.05) is 19.2 Å². The summed E-state index contributed by atoms with van der Waals surface area (Å²) in [6, 6.07) is 0. The first-order chi connectivity index (χ1) is 6.20. The molecule has 0 radical (unpaired) electrons. The summed E-state index contributed by atoms with van der Waals surface area (Å²) < 4.78 is 0. The maximum absolute atomic E-state index is 4.33. The van der Waals surface area contributed by atoms with Gasteiger partial charge in [-0.1, -0.05) is 19.6 Å². The Hall–Kier alpha value is -1.31. The first-order valence-electron chi connectivity index (χ1n) is 4.54. The predicted octanol–water partition coefficient (Wildman–Crippen LogP) is 3.39. The number of aromatic nitrogens is 1. The van der Waals surface area contributed by atoms with E-state index >= 15 is 0 Å². The zero-order valence-corrected chi connectivity index (χ0v) is 8.52. The molecule has 1 N–H and O–H groups in total. The molecule has 0 aromatic carbocycles. The molecule has 0 aliphatic carbocycles. The number of hydrogen-bond acceptors (Lipinski definition) is 1. The largest absolute Gasteiger partial charge is 0.343 e. The van der Waals surface area contributed by atoms with Gasteiger partial charge in [-0.3, -0.25) is 0 Å². The lowest BCUT2D eigenvalue weighted by Crippen LogP contribution is -1.74. The smallest absolute Gasteiger partial charge is 0.137 e. The second-order valence-corrected chi connectivity index (χ2v) is 3.06. The molecule has 1 rings (SSSR count). The quantitative estimate of drug-likeness (QED) is 0.684. The zero-order valence-electron chi connectivity index (χ0n) is 8.52. The molecule has 0 bridgehead atoms. The minimum atomic E-state index is 0.923. The molecule has 0 aliphatic heterocycles. The number of nitrogens with zero attached hydrogens (tertiary/aromatic N) is 1. The Morgan fingerprint density at radius 3 is 2.69 bits per heavy atom. The lowest BCUT2D eigenvalue weighted by Gasteiger charge is -1.92. The van der Waals surface area contributed by atoms with Crippen LogP contribution in [-0.2, 0) is 0 Å². The Bertz CT molecular complexity index is 332. The number of nitrogens with one attached hydrogen (secondary N) is 1. The third kappa shape index (κ3) is 1.89. The number of hydrogen-bond donors (Lipinski definition) is 1. The van der Waals surface area contributed by atoms with E-state index in [1.54, 1.807) is 0 Å². The topological polar surface area (TPSA) is 28.1 Å². The minimum Gasteiger partial charge on any atom is -0.343 e. The van der Waals surface area contributed by atoms with E-state index in [2.05, 4.69) is 30.4 Å². The summed E-state index contributed by atoms with van der Waals surface area (Å²) in [6.07, 6.45) is 4.70. The molecule has 0 spiro atoms. The van der Waals surface area contributed by atoms with Crippen molar-refractivity contribution in [2.45, 2.75) is 27.2 Å². The van der Waals surface area contributed by atoms with Crippen molar-refractivity contribution < 1.29 is 0 Å². The van der Waals surface area contributed by atoms with Crippen LogP contribution in [0.4, 0.5) is 5.82 Å². The molecular weight excluding hydrogens is 160 g/mol. The van der Waals surface area contributed by atoms with E-state index in [4.69, 9.17) is 0 Å². The number of H-pyrrole nitrogens is 1. The third-order valence-corrected chi connectivity index (χ3v) is 2.13. The molecule has 13 heavy (non-hydrogen) atoms. The van der Waals surface area contributed by atoms with Gasteiger partial charge in [0.2, 0.25) is 0 Å². The first kappa shape index (κ1) is 9.78. The molecule has 70 valence electrons. The van der Waals surface area contributed by atoms with Gasteiger partial charge in [-0.2, -0.15) is 0 Å². The van der Waals surface area contributed by atoms with Crippen molar-refractivity contribution in [3.8, 4) is 0 Å². The van der Waals surface area contributed by atoms with Crippen LogP contribution in [0.5, 0.6) is 0 Å². The third-order valence-electron chi connectivity index (χ3n) is 2.13. The lowest BCUT2D eigenvalue weighted by atomic mass is 10.1. The molecule has 0 aliphatic rings. The maximum Gasteiger partial charge on any atom is 0.137 e. The lowest BCUT2D eigenvalue weighted by molar-refractivity contribution is 1.21. The van der Waals surface area contributed by atoms with E-state index in [-0.39, 0.29) is 0 Å². The van der Waals surface area contributed by atoms with Gasteiger partial charge < -0.3 is 4.98 Å². The van der Waals surface area contributed by atoms with E-state index in [1.165, 1.54) is 5.56 Å². The standard InChI is InChI=1S/C11H16N2/c1-5-7-12-11-10(6-2)8(3)9(4)13-11/h6-7,13H,2,5H2,1,3-4H3/b12-7-. The molecule has 0 saturated carbocycles. The van der Waals surface area contributed by atoms with Crippen molar-refractivity contribution in [2.75, 3.05) is 0 Å². The van der Waals surface area contributed by atoms with E-state index in [0.29, 0.717) is 0 Å². The molecule has 0 atom stereocenters. The van der Waals surface area contributed by atoms with Gasteiger partial charge in [0.1, 0.15) is 5.82 Å². The van der Waals surface area contributed by atoms with Crippen molar-refractivity contribution in [1.29, 1.82) is 0 Å². The van der Waals surface area contributed by atoms with Gasteiger partial charge in [0.05, 0.1) is 0 Å². The Morgan fingerprint density at radius 1 is 1.46 bits per heavy atom. The molecule has 0 amide bonds. The molecule has 1 heterocycles. The Labute approximate surface area is 79.4 Å². The normalized spacial score (nSPS) is 11.0.